The molecule has 9 rings (SSSR count). The summed E-state index contributed by atoms with van der Waals surface area (Å²) in [5.41, 5.74) is 5.75. The first-order valence-electron chi connectivity index (χ1n) is 19.4. The molecule has 0 saturated heterocycles. The van der Waals surface area contributed by atoms with E-state index in [0.717, 1.165) is 44.2 Å². The van der Waals surface area contributed by atoms with Gasteiger partial charge in [0.2, 0.25) is 0 Å². The van der Waals surface area contributed by atoms with Crippen LogP contribution in [0.25, 0.3) is 87.6 Å². The van der Waals surface area contributed by atoms with Crippen molar-refractivity contribution in [3.63, 3.8) is 0 Å². The molecule has 0 unspecified atom stereocenters. The van der Waals surface area contributed by atoms with Crippen molar-refractivity contribution in [3.05, 3.63) is 157 Å². The van der Waals surface area contributed by atoms with Crippen LogP contribution in [0, 0.1) is 0 Å². The van der Waals surface area contributed by atoms with Gasteiger partial charge in [0.15, 0.2) is 0 Å². The van der Waals surface area contributed by atoms with Crippen LogP contribution in [-0.2, 0) is 0 Å². The van der Waals surface area contributed by atoms with E-state index in [4.69, 9.17) is 16.8 Å². The molecule has 1 heteroatoms. The fourth-order valence-corrected chi connectivity index (χ4v) is 5.97. The lowest BCUT2D eigenvalue weighted by Crippen LogP contribution is -1.86. The van der Waals surface area contributed by atoms with Gasteiger partial charge < -0.3 is 4.42 Å². The molecular formula is C42H26O. The van der Waals surface area contributed by atoms with Crippen molar-refractivity contribution in [1.82, 2.24) is 0 Å². The monoisotopic (exact) mass is 557 g/mol. The zero-order valence-electron chi connectivity index (χ0n) is 33.6. The van der Waals surface area contributed by atoms with Crippen LogP contribution in [0.3, 0.4) is 0 Å². The Hall–Kier alpha value is -5.66. The maximum absolute atomic E-state index is 9.47. The van der Waals surface area contributed by atoms with E-state index in [1.807, 2.05) is 72.8 Å². The van der Waals surface area contributed by atoms with Gasteiger partial charge in [-0.05, 0) is 78.3 Å². The summed E-state index contributed by atoms with van der Waals surface area (Å²) in [7, 11) is 0. The summed E-state index contributed by atoms with van der Waals surface area (Å²) >= 11 is 0. The fourth-order valence-electron chi connectivity index (χ4n) is 5.97. The second kappa shape index (κ2) is 9.44. The summed E-state index contributed by atoms with van der Waals surface area (Å²) in [6.45, 7) is 0. The molecule has 200 valence electrons. The molecule has 0 saturated carbocycles. The van der Waals surface area contributed by atoms with Gasteiger partial charge in [0.25, 0.3) is 0 Å². The highest BCUT2D eigenvalue weighted by Crippen LogP contribution is 2.39. The SMILES string of the molecule is [2H]c1c([2H])c([2H])c2c(c1[2H])c1c([2H])c([2H])c([2H])c([2H])c1c1c([2H])c(-c3ccc(-c4cccc(-c5cccc6c5oc5ccccc56)c4)cc3)c([2H])c([2H])c21. The van der Waals surface area contributed by atoms with Crippen LogP contribution in [0.15, 0.2) is 162 Å². The smallest absolute Gasteiger partial charge is 0.143 e. The van der Waals surface area contributed by atoms with Crippen molar-refractivity contribution in [1.29, 1.82) is 0 Å². The molecule has 0 atom stereocenters. The van der Waals surface area contributed by atoms with Crippen LogP contribution in [-0.4, -0.2) is 0 Å². The molecule has 0 aliphatic carbocycles. The lowest BCUT2D eigenvalue weighted by Gasteiger charge is -2.12. The molecule has 1 heterocycles. The number of hydrogen-bond donors (Lipinski definition) is 0. The normalized spacial score (nSPS) is 15.3. The summed E-state index contributed by atoms with van der Waals surface area (Å²) in [6, 6.07) is 23.7. The topological polar surface area (TPSA) is 13.1 Å². The summed E-state index contributed by atoms with van der Waals surface area (Å²) < 4.78 is 103. The molecule has 0 amide bonds. The van der Waals surface area contributed by atoms with Crippen LogP contribution in [0.4, 0.5) is 0 Å². The predicted molar refractivity (Wildman–Crippen MR) is 183 cm³/mol. The zero-order chi connectivity index (χ0) is 37.9. The molecule has 9 aromatic rings. The number of benzene rings is 8. The van der Waals surface area contributed by atoms with Gasteiger partial charge in [0.05, 0.1) is 15.1 Å². The van der Waals surface area contributed by atoms with Crippen LogP contribution in [0.5, 0.6) is 0 Å². The third-order valence-electron chi connectivity index (χ3n) is 8.02. The summed E-state index contributed by atoms with van der Waals surface area (Å²) in [6.07, 6.45) is 0. The molecule has 8 aromatic carbocycles. The van der Waals surface area contributed by atoms with Crippen LogP contribution >= 0.6 is 0 Å². The highest BCUT2D eigenvalue weighted by Gasteiger charge is 2.13. The van der Waals surface area contributed by atoms with E-state index in [1.165, 1.54) is 0 Å². The number of para-hydroxylation sites is 2. The van der Waals surface area contributed by atoms with E-state index >= 15 is 0 Å². The Balaban J connectivity index is 1.25. The maximum atomic E-state index is 9.47. The largest absolute Gasteiger partial charge is 0.455 e. The Kier molecular flexibility index (Phi) is 3.41. The molecule has 0 aliphatic heterocycles. The summed E-state index contributed by atoms with van der Waals surface area (Å²) in [5, 5.41) is 1.19. The van der Waals surface area contributed by atoms with E-state index < -0.39 is 54.4 Å². The minimum absolute atomic E-state index is 0.0539. The van der Waals surface area contributed by atoms with Gasteiger partial charge in [-0.25, -0.2) is 0 Å². The van der Waals surface area contributed by atoms with Crippen molar-refractivity contribution < 1.29 is 19.5 Å². The third-order valence-corrected chi connectivity index (χ3v) is 8.02. The minimum atomic E-state index is -0.599. The molecule has 0 bridgehead atoms. The first-order chi connectivity index (χ1) is 25.9. The van der Waals surface area contributed by atoms with Gasteiger partial charge in [-0.15, -0.1) is 0 Å². The predicted octanol–water partition coefficient (Wildman–Crippen LogP) is 12.0. The standard InChI is InChI=1S/C42H26O/c1-2-13-35-33(11-1)34-12-3-4-14-36(34)40-26-30(23-24-37(35)40)28-21-19-27(20-22-28)29-9-7-10-31(25-29)32-16-8-17-39-38-15-5-6-18-41(38)43-42(32)39/h1-26H/i1D,2D,3D,4D,11D,12D,13D,14D,23D,24D,26D. The van der Waals surface area contributed by atoms with Crippen LogP contribution in [0.2, 0.25) is 0 Å². The maximum Gasteiger partial charge on any atom is 0.143 e. The number of rotatable bonds is 3. The third kappa shape index (κ3) is 3.79. The Morgan fingerprint density at radius 3 is 1.72 bits per heavy atom. The fraction of sp³-hybridized carbons (Fsp3) is 0. The van der Waals surface area contributed by atoms with Crippen molar-refractivity contribution in [3.8, 4) is 33.4 Å². The van der Waals surface area contributed by atoms with E-state index in [0.29, 0.717) is 5.56 Å². The van der Waals surface area contributed by atoms with Crippen molar-refractivity contribution in [2.75, 3.05) is 0 Å². The summed E-state index contributed by atoms with van der Waals surface area (Å²) in [5.74, 6) is 0. The highest BCUT2D eigenvalue weighted by molar-refractivity contribution is 6.25. The second-order valence-electron chi connectivity index (χ2n) is 10.4. The Morgan fingerprint density at radius 1 is 0.395 bits per heavy atom. The average molecular weight is 558 g/mol. The minimum Gasteiger partial charge on any atom is -0.455 e. The molecule has 1 aromatic heterocycles. The van der Waals surface area contributed by atoms with E-state index in [9.17, 15) is 2.74 Å². The first kappa shape index (κ1) is 15.5. The van der Waals surface area contributed by atoms with Crippen LogP contribution < -0.4 is 0 Å². The van der Waals surface area contributed by atoms with Gasteiger partial charge in [0, 0.05) is 16.3 Å². The molecule has 0 spiro atoms. The van der Waals surface area contributed by atoms with Crippen molar-refractivity contribution in [2.45, 2.75) is 0 Å². The molecular weight excluding hydrogens is 520 g/mol. The Labute approximate surface area is 264 Å². The second-order valence-corrected chi connectivity index (χ2v) is 10.4. The van der Waals surface area contributed by atoms with Gasteiger partial charge >= 0.3 is 0 Å². The van der Waals surface area contributed by atoms with Gasteiger partial charge in [0.1, 0.15) is 11.2 Å². The molecule has 0 N–H and O–H groups in total. The zero-order valence-corrected chi connectivity index (χ0v) is 22.6. The van der Waals surface area contributed by atoms with Gasteiger partial charge in [-0.3, -0.25) is 0 Å². The molecule has 0 aliphatic rings. The lowest BCUT2D eigenvalue weighted by atomic mass is 9.91. The molecule has 0 radical (unpaired) electrons. The average Bonchev–Trinajstić information content (AvgIpc) is 3.58. The van der Waals surface area contributed by atoms with Crippen LogP contribution in [0.1, 0.15) is 15.1 Å². The number of hydrogen-bond acceptors (Lipinski definition) is 1. The summed E-state index contributed by atoms with van der Waals surface area (Å²) in [4.78, 5) is 0. The lowest BCUT2D eigenvalue weighted by molar-refractivity contribution is 0.670. The highest BCUT2D eigenvalue weighted by atomic mass is 16.3. The van der Waals surface area contributed by atoms with Gasteiger partial charge in [-0.1, -0.05) is 139 Å². The first-order valence-corrected chi connectivity index (χ1v) is 13.9. The number of fused-ring (bicyclic) bond motifs is 9. The Bertz CT molecular complexity index is 3070. The molecule has 43 heavy (non-hydrogen) atoms. The van der Waals surface area contributed by atoms with Gasteiger partial charge in [-0.2, -0.15) is 0 Å². The van der Waals surface area contributed by atoms with E-state index in [1.54, 1.807) is 12.1 Å². The van der Waals surface area contributed by atoms with Crippen molar-refractivity contribution in [2.24, 2.45) is 0 Å². The molecule has 1 nitrogen and oxygen atoms in total. The van der Waals surface area contributed by atoms with E-state index in [-0.39, 0.29) is 50.0 Å². The Morgan fingerprint density at radius 2 is 0.977 bits per heavy atom. The quantitative estimate of drug-likeness (QED) is 0.197. The molecule has 0 fully saturated rings. The number of furan rings is 1. The van der Waals surface area contributed by atoms with Crippen molar-refractivity contribution >= 4 is 54.3 Å². The van der Waals surface area contributed by atoms with E-state index in [2.05, 4.69) is 6.07 Å².